The molecule has 1 N–H and O–H groups in total. The van der Waals surface area contributed by atoms with Crippen LogP contribution in [0.15, 0.2) is 53.7 Å². The van der Waals surface area contributed by atoms with E-state index < -0.39 is 0 Å². The molecule has 2 amide bonds. The Balaban J connectivity index is 1.36. The van der Waals surface area contributed by atoms with E-state index in [1.807, 2.05) is 17.9 Å². The minimum atomic E-state index is -0.260. The van der Waals surface area contributed by atoms with Crippen LogP contribution in [0.1, 0.15) is 54.9 Å². The summed E-state index contributed by atoms with van der Waals surface area (Å²) in [5, 5.41) is 3.52. The zero-order valence-electron chi connectivity index (χ0n) is 19.4. The quantitative estimate of drug-likeness (QED) is 0.597. The smallest absolute Gasteiger partial charge is 0.254 e. The van der Waals surface area contributed by atoms with Crippen molar-refractivity contribution in [2.24, 2.45) is 0 Å². The van der Waals surface area contributed by atoms with Gasteiger partial charge in [0.25, 0.3) is 5.91 Å². The van der Waals surface area contributed by atoms with Gasteiger partial charge in [0, 0.05) is 38.4 Å². The number of pyridine rings is 1. The summed E-state index contributed by atoms with van der Waals surface area (Å²) in [6.07, 6.45) is 7.31. The highest BCUT2D eigenvalue weighted by Crippen LogP contribution is 2.27. The van der Waals surface area contributed by atoms with Gasteiger partial charge in [0.1, 0.15) is 5.03 Å². The maximum atomic E-state index is 13.1. The molecule has 0 spiro atoms. The molecule has 0 bridgehead atoms. The van der Waals surface area contributed by atoms with Crippen LogP contribution in [0.2, 0.25) is 0 Å². The third kappa shape index (κ3) is 6.36. The lowest BCUT2D eigenvalue weighted by molar-refractivity contribution is -0.129. The van der Waals surface area contributed by atoms with Gasteiger partial charge in [-0.1, -0.05) is 48.5 Å². The van der Waals surface area contributed by atoms with Crippen LogP contribution < -0.4 is 5.32 Å². The lowest BCUT2D eigenvalue weighted by Gasteiger charge is -2.36. The van der Waals surface area contributed by atoms with Crippen molar-refractivity contribution in [2.75, 3.05) is 26.2 Å². The molecular weight excluding hydrogens is 432 g/mol. The fraction of sp³-hybridized carbons (Fsp3) is 0.500. The summed E-state index contributed by atoms with van der Waals surface area (Å²) in [6, 6.07) is 14.4. The number of nitrogens with one attached hydrogen (secondary N) is 1. The molecule has 0 aliphatic carbocycles. The maximum Gasteiger partial charge on any atom is 0.254 e. The summed E-state index contributed by atoms with van der Waals surface area (Å²) in [5.41, 5.74) is 1.85. The van der Waals surface area contributed by atoms with Gasteiger partial charge in [-0.15, -0.1) is 0 Å². The number of nitrogens with zero attached hydrogens (tertiary/aromatic N) is 3. The van der Waals surface area contributed by atoms with Crippen LogP contribution in [0.3, 0.4) is 0 Å². The largest absolute Gasteiger partial charge is 0.350 e. The first-order valence-corrected chi connectivity index (χ1v) is 13.0. The van der Waals surface area contributed by atoms with Crippen LogP contribution in [0.25, 0.3) is 0 Å². The third-order valence-corrected chi connectivity index (χ3v) is 7.65. The monoisotopic (exact) mass is 466 g/mol. The molecular formula is C26H34N4O2S. The maximum absolute atomic E-state index is 13.1. The van der Waals surface area contributed by atoms with Crippen LogP contribution in [-0.2, 0) is 11.3 Å². The van der Waals surface area contributed by atoms with Gasteiger partial charge in [-0.2, -0.15) is 0 Å². The van der Waals surface area contributed by atoms with Crippen LogP contribution >= 0.6 is 11.8 Å². The Labute approximate surface area is 201 Å². The Kier molecular flexibility index (Phi) is 8.40. The van der Waals surface area contributed by atoms with E-state index in [0.717, 1.165) is 45.4 Å². The Hall–Kier alpha value is -2.38. The molecule has 0 radical (unpaired) electrons. The Morgan fingerprint density at radius 2 is 1.82 bits per heavy atom. The molecule has 7 heteroatoms. The first-order valence-electron chi connectivity index (χ1n) is 12.1. The van der Waals surface area contributed by atoms with E-state index >= 15 is 0 Å². The number of amides is 2. The van der Waals surface area contributed by atoms with E-state index in [2.05, 4.69) is 39.5 Å². The van der Waals surface area contributed by atoms with Gasteiger partial charge < -0.3 is 10.2 Å². The molecule has 0 saturated carbocycles. The second kappa shape index (κ2) is 11.7. The molecule has 4 rings (SSSR count). The summed E-state index contributed by atoms with van der Waals surface area (Å²) in [7, 11) is 0. The molecule has 6 nitrogen and oxygen atoms in total. The number of aromatic nitrogens is 1. The SMILES string of the molecule is CC(Sc1ncccc1C(=O)NCC1CCCCN1Cc1ccccc1)C(=O)N1CCCC1. The molecule has 2 saturated heterocycles. The van der Waals surface area contributed by atoms with E-state index in [9.17, 15) is 9.59 Å². The van der Waals surface area contributed by atoms with Gasteiger partial charge in [0.05, 0.1) is 10.8 Å². The molecule has 2 aliphatic heterocycles. The van der Waals surface area contributed by atoms with E-state index in [-0.39, 0.29) is 17.1 Å². The van der Waals surface area contributed by atoms with Gasteiger partial charge in [-0.25, -0.2) is 4.98 Å². The second-order valence-electron chi connectivity index (χ2n) is 8.96. The number of carbonyl (C=O) groups excluding carboxylic acids is 2. The van der Waals surface area contributed by atoms with Crippen molar-refractivity contribution in [2.45, 2.75) is 61.9 Å². The number of rotatable bonds is 8. The van der Waals surface area contributed by atoms with Crippen molar-refractivity contribution in [3.05, 3.63) is 59.8 Å². The molecule has 2 fully saturated rings. The Morgan fingerprint density at radius 3 is 2.61 bits per heavy atom. The number of hydrogen-bond acceptors (Lipinski definition) is 5. The van der Waals surface area contributed by atoms with E-state index in [4.69, 9.17) is 0 Å². The van der Waals surface area contributed by atoms with Crippen molar-refractivity contribution in [3.8, 4) is 0 Å². The summed E-state index contributed by atoms with van der Waals surface area (Å²) in [4.78, 5) is 34.7. The first-order chi connectivity index (χ1) is 16.1. The number of likely N-dealkylation sites (tertiary alicyclic amines) is 2. The molecule has 1 aromatic carbocycles. The minimum absolute atomic E-state index is 0.114. The predicted molar refractivity (Wildman–Crippen MR) is 132 cm³/mol. The van der Waals surface area contributed by atoms with Crippen molar-refractivity contribution >= 4 is 23.6 Å². The minimum Gasteiger partial charge on any atom is -0.350 e. The zero-order valence-corrected chi connectivity index (χ0v) is 20.2. The highest BCUT2D eigenvalue weighted by Gasteiger charge is 2.27. The van der Waals surface area contributed by atoms with Gasteiger partial charge in [0.2, 0.25) is 5.91 Å². The molecule has 2 atom stereocenters. The Bertz CT molecular complexity index is 933. The lowest BCUT2D eigenvalue weighted by atomic mass is 10.0. The zero-order chi connectivity index (χ0) is 23.0. The highest BCUT2D eigenvalue weighted by molar-refractivity contribution is 8.00. The lowest BCUT2D eigenvalue weighted by Crippen LogP contribution is -2.46. The van der Waals surface area contributed by atoms with Crippen molar-refractivity contribution in [1.82, 2.24) is 20.1 Å². The van der Waals surface area contributed by atoms with Gasteiger partial charge >= 0.3 is 0 Å². The van der Waals surface area contributed by atoms with E-state index in [0.29, 0.717) is 23.2 Å². The normalized spacial score (nSPS) is 19.9. The predicted octanol–water partition coefficient (Wildman–Crippen LogP) is 3.97. The number of piperidine rings is 1. The third-order valence-electron chi connectivity index (χ3n) is 6.55. The van der Waals surface area contributed by atoms with Crippen LogP contribution in [0.5, 0.6) is 0 Å². The van der Waals surface area contributed by atoms with Crippen molar-refractivity contribution in [3.63, 3.8) is 0 Å². The van der Waals surface area contributed by atoms with Gasteiger partial charge in [-0.3, -0.25) is 14.5 Å². The molecule has 33 heavy (non-hydrogen) atoms. The second-order valence-corrected chi connectivity index (χ2v) is 10.3. The summed E-state index contributed by atoms with van der Waals surface area (Å²) >= 11 is 1.38. The topological polar surface area (TPSA) is 65.5 Å². The molecule has 1 aromatic heterocycles. The van der Waals surface area contributed by atoms with Gasteiger partial charge in [-0.05, 0) is 56.8 Å². The van der Waals surface area contributed by atoms with Crippen LogP contribution in [0.4, 0.5) is 0 Å². The molecule has 2 aliphatic rings. The van der Waals surface area contributed by atoms with Crippen molar-refractivity contribution in [1.29, 1.82) is 0 Å². The fourth-order valence-electron chi connectivity index (χ4n) is 4.69. The summed E-state index contributed by atoms with van der Waals surface area (Å²) < 4.78 is 0. The fourth-order valence-corrected chi connectivity index (χ4v) is 5.69. The summed E-state index contributed by atoms with van der Waals surface area (Å²) in [5.74, 6) is 0.0185. The van der Waals surface area contributed by atoms with Crippen LogP contribution in [0, 0.1) is 0 Å². The van der Waals surface area contributed by atoms with E-state index in [1.165, 1.54) is 30.2 Å². The number of thioether (sulfide) groups is 1. The van der Waals surface area contributed by atoms with E-state index in [1.54, 1.807) is 18.3 Å². The average Bonchev–Trinajstić information content (AvgIpc) is 3.39. The Morgan fingerprint density at radius 1 is 1.06 bits per heavy atom. The van der Waals surface area contributed by atoms with Gasteiger partial charge in [0.15, 0.2) is 0 Å². The molecule has 176 valence electrons. The first kappa shape index (κ1) is 23.8. The number of carbonyl (C=O) groups is 2. The van der Waals surface area contributed by atoms with Crippen LogP contribution in [-0.4, -0.2) is 64.1 Å². The number of hydrogen-bond donors (Lipinski definition) is 1. The highest BCUT2D eigenvalue weighted by atomic mass is 32.2. The standard InChI is InChI=1S/C26H34N4O2S/c1-20(26(32)29-15-7-8-16-29)33-25-23(13-9-14-27-25)24(31)28-18-22-12-5-6-17-30(22)19-21-10-3-2-4-11-21/h2-4,9-11,13-14,20,22H,5-8,12,15-19H2,1H3,(H,28,31). The molecule has 2 unspecified atom stereocenters. The molecule has 3 heterocycles. The average molecular weight is 467 g/mol. The molecule has 2 aromatic rings. The number of benzene rings is 1. The van der Waals surface area contributed by atoms with Crippen molar-refractivity contribution < 1.29 is 9.59 Å². The summed E-state index contributed by atoms with van der Waals surface area (Å²) in [6.45, 7) is 6.16.